The zero-order valence-corrected chi connectivity index (χ0v) is 16.7. The van der Waals surface area contributed by atoms with Crippen LogP contribution in [-0.4, -0.2) is 38.9 Å². The van der Waals surface area contributed by atoms with Crippen molar-refractivity contribution in [3.8, 4) is 0 Å². The maximum absolute atomic E-state index is 12.9. The lowest BCUT2D eigenvalue weighted by Gasteiger charge is -2.32. The summed E-state index contributed by atoms with van der Waals surface area (Å²) >= 11 is 12.2. The van der Waals surface area contributed by atoms with Crippen LogP contribution >= 0.6 is 23.2 Å². The van der Waals surface area contributed by atoms with Crippen molar-refractivity contribution in [3.63, 3.8) is 0 Å². The minimum absolute atomic E-state index is 0.0477. The molecule has 1 aromatic rings. The third-order valence-corrected chi connectivity index (χ3v) is 8.39. The van der Waals surface area contributed by atoms with Gasteiger partial charge in [-0.25, -0.2) is 8.42 Å². The highest BCUT2D eigenvalue weighted by Gasteiger charge is 2.32. The Hall–Kier alpha value is -0.330. The van der Waals surface area contributed by atoms with Crippen LogP contribution < -0.4 is 5.32 Å². The van der Waals surface area contributed by atoms with E-state index in [1.165, 1.54) is 25.7 Å². The number of halogens is 2. The summed E-state index contributed by atoms with van der Waals surface area (Å²) in [5.74, 6) is 1.47. The predicted octanol–water partition coefficient (Wildman–Crippen LogP) is 4.17. The average molecular weight is 405 g/mol. The normalized spacial score (nSPS) is 21.5. The van der Waals surface area contributed by atoms with Gasteiger partial charge in [0.1, 0.15) is 4.90 Å². The van der Waals surface area contributed by atoms with Gasteiger partial charge in [-0.3, -0.25) is 0 Å². The molecule has 2 heterocycles. The van der Waals surface area contributed by atoms with Crippen LogP contribution in [-0.2, 0) is 10.0 Å². The van der Waals surface area contributed by atoms with Crippen molar-refractivity contribution in [1.82, 2.24) is 9.62 Å². The molecule has 2 fully saturated rings. The van der Waals surface area contributed by atoms with Crippen molar-refractivity contribution >= 4 is 33.2 Å². The van der Waals surface area contributed by atoms with Crippen LogP contribution in [0.2, 0.25) is 10.0 Å². The maximum atomic E-state index is 12.9. The maximum Gasteiger partial charge on any atom is 0.246 e. The van der Waals surface area contributed by atoms with Crippen molar-refractivity contribution in [2.24, 2.45) is 11.8 Å². The number of piperidine rings is 2. The first-order valence-electron chi connectivity index (χ1n) is 9.13. The summed E-state index contributed by atoms with van der Waals surface area (Å²) in [7, 11) is -3.62. The summed E-state index contributed by atoms with van der Waals surface area (Å²) in [6, 6.07) is 4.81. The van der Waals surface area contributed by atoms with E-state index in [0.717, 1.165) is 31.8 Å². The van der Waals surface area contributed by atoms with Crippen LogP contribution in [0.4, 0.5) is 0 Å². The molecule has 0 radical (unpaired) electrons. The zero-order chi connectivity index (χ0) is 17.9. The van der Waals surface area contributed by atoms with Gasteiger partial charge >= 0.3 is 0 Å². The molecule has 3 rings (SSSR count). The van der Waals surface area contributed by atoms with Crippen molar-refractivity contribution in [2.75, 3.05) is 26.2 Å². The fourth-order valence-corrected chi connectivity index (χ4v) is 6.50. The van der Waals surface area contributed by atoms with E-state index in [-0.39, 0.29) is 14.9 Å². The molecule has 0 aromatic heterocycles. The number of nitrogens with one attached hydrogen (secondary N) is 1. The van der Waals surface area contributed by atoms with E-state index in [1.54, 1.807) is 22.5 Å². The van der Waals surface area contributed by atoms with E-state index in [9.17, 15) is 8.42 Å². The predicted molar refractivity (Wildman–Crippen MR) is 103 cm³/mol. The van der Waals surface area contributed by atoms with Gasteiger partial charge in [-0.1, -0.05) is 42.1 Å². The molecule has 0 unspecified atom stereocenters. The number of nitrogens with zero attached hydrogens (tertiary/aromatic N) is 1. The molecule has 7 heteroatoms. The standard InChI is InChI=1S/C18H26Cl2N2O2S/c19-16-2-1-3-17(20)18(16)25(23,24)22-12-8-15(9-13-22)5-4-14-6-10-21-11-7-14/h1-3,14-15,21H,4-13H2. The second kappa shape index (κ2) is 8.57. The monoisotopic (exact) mass is 404 g/mol. The molecule has 1 aromatic carbocycles. The fourth-order valence-electron chi connectivity index (χ4n) is 3.94. The van der Waals surface area contributed by atoms with Crippen molar-refractivity contribution in [2.45, 2.75) is 43.4 Å². The summed E-state index contributed by atoms with van der Waals surface area (Å²) in [5, 5.41) is 3.79. The zero-order valence-electron chi connectivity index (χ0n) is 14.4. The molecule has 0 spiro atoms. The van der Waals surface area contributed by atoms with Crippen LogP contribution in [0, 0.1) is 11.8 Å². The lowest BCUT2D eigenvalue weighted by molar-refractivity contribution is 0.239. The van der Waals surface area contributed by atoms with Crippen molar-refractivity contribution in [3.05, 3.63) is 28.2 Å². The molecule has 2 aliphatic heterocycles. The quantitative estimate of drug-likeness (QED) is 0.800. The summed E-state index contributed by atoms with van der Waals surface area (Å²) in [6.07, 6.45) is 6.88. The number of benzene rings is 1. The van der Waals surface area contributed by atoms with Gasteiger partial charge in [0.2, 0.25) is 10.0 Å². The van der Waals surface area contributed by atoms with Gasteiger partial charge in [-0.2, -0.15) is 4.31 Å². The molecule has 140 valence electrons. The summed E-state index contributed by atoms with van der Waals surface area (Å²) in [5.41, 5.74) is 0. The Kier molecular flexibility index (Phi) is 6.66. The van der Waals surface area contributed by atoms with Gasteiger partial charge < -0.3 is 5.32 Å². The molecule has 0 saturated carbocycles. The Morgan fingerprint density at radius 3 is 2.04 bits per heavy atom. The second-order valence-corrected chi connectivity index (χ2v) is 9.86. The molecule has 0 aliphatic carbocycles. The van der Waals surface area contributed by atoms with Crippen LogP contribution in [0.1, 0.15) is 38.5 Å². The summed E-state index contributed by atoms with van der Waals surface area (Å²) in [4.78, 5) is 0.0477. The molecule has 2 saturated heterocycles. The lowest BCUT2D eigenvalue weighted by atomic mass is 9.86. The molecular weight excluding hydrogens is 379 g/mol. The first kappa shape index (κ1) is 19.4. The SMILES string of the molecule is O=S(=O)(c1c(Cl)cccc1Cl)N1CCC(CCC2CCNCC2)CC1. The Labute approximate surface area is 160 Å². The summed E-state index contributed by atoms with van der Waals surface area (Å²) < 4.78 is 27.3. The number of hydrogen-bond acceptors (Lipinski definition) is 3. The van der Waals surface area contributed by atoms with Gasteiger partial charge in [0.05, 0.1) is 10.0 Å². The third kappa shape index (κ3) is 4.69. The first-order valence-corrected chi connectivity index (χ1v) is 11.3. The van der Waals surface area contributed by atoms with Crippen LogP contribution in [0.5, 0.6) is 0 Å². The van der Waals surface area contributed by atoms with E-state index in [2.05, 4.69) is 5.32 Å². The molecule has 4 nitrogen and oxygen atoms in total. The van der Waals surface area contributed by atoms with Gasteiger partial charge in [-0.05, 0) is 62.7 Å². The second-order valence-electron chi connectivity index (χ2n) is 7.17. The molecular formula is C18H26Cl2N2O2S. The molecule has 0 atom stereocenters. The number of sulfonamides is 1. The van der Waals surface area contributed by atoms with Crippen molar-refractivity contribution < 1.29 is 8.42 Å². The highest BCUT2D eigenvalue weighted by atomic mass is 35.5. The first-order chi connectivity index (χ1) is 12.0. The Morgan fingerprint density at radius 2 is 1.48 bits per heavy atom. The van der Waals surface area contributed by atoms with Crippen LogP contribution in [0.25, 0.3) is 0 Å². The van der Waals surface area contributed by atoms with Gasteiger partial charge in [0.15, 0.2) is 0 Å². The highest BCUT2D eigenvalue weighted by molar-refractivity contribution is 7.89. The van der Waals surface area contributed by atoms with E-state index in [4.69, 9.17) is 23.2 Å². The topological polar surface area (TPSA) is 49.4 Å². The van der Waals surface area contributed by atoms with Crippen LogP contribution in [0.15, 0.2) is 23.1 Å². The molecule has 2 aliphatic rings. The molecule has 1 N–H and O–H groups in total. The third-order valence-electron chi connectivity index (χ3n) is 5.53. The van der Waals surface area contributed by atoms with Gasteiger partial charge in [0, 0.05) is 13.1 Å². The van der Waals surface area contributed by atoms with Crippen LogP contribution in [0.3, 0.4) is 0 Å². The number of hydrogen-bond donors (Lipinski definition) is 1. The fraction of sp³-hybridized carbons (Fsp3) is 0.667. The number of rotatable bonds is 5. The minimum Gasteiger partial charge on any atom is -0.317 e. The van der Waals surface area contributed by atoms with Gasteiger partial charge in [-0.15, -0.1) is 0 Å². The lowest BCUT2D eigenvalue weighted by Crippen LogP contribution is -2.38. The summed E-state index contributed by atoms with van der Waals surface area (Å²) in [6.45, 7) is 3.39. The molecule has 0 bridgehead atoms. The van der Waals surface area contributed by atoms with E-state index < -0.39 is 10.0 Å². The minimum atomic E-state index is -3.62. The average Bonchev–Trinajstić information content (AvgIpc) is 2.61. The smallest absolute Gasteiger partial charge is 0.246 e. The molecule has 0 amide bonds. The Morgan fingerprint density at radius 1 is 0.960 bits per heavy atom. The van der Waals surface area contributed by atoms with E-state index in [1.807, 2.05) is 0 Å². The molecule has 25 heavy (non-hydrogen) atoms. The highest BCUT2D eigenvalue weighted by Crippen LogP contribution is 2.34. The van der Waals surface area contributed by atoms with E-state index in [0.29, 0.717) is 19.0 Å². The Bertz CT molecular complexity index is 662. The van der Waals surface area contributed by atoms with E-state index >= 15 is 0 Å². The van der Waals surface area contributed by atoms with Gasteiger partial charge in [0.25, 0.3) is 0 Å². The van der Waals surface area contributed by atoms with Crippen molar-refractivity contribution in [1.29, 1.82) is 0 Å². The Balaban J connectivity index is 1.56. The largest absolute Gasteiger partial charge is 0.317 e.